The molecule has 0 aliphatic carbocycles. The molecular formula is C36H36F2N6O2. The van der Waals surface area contributed by atoms with Gasteiger partial charge in [-0.25, -0.2) is 8.78 Å². The zero-order chi connectivity index (χ0) is 31.6. The first kappa shape index (κ1) is 29.2. The number of methoxy groups -OCH3 is 1. The second kappa shape index (κ2) is 11.3. The second-order valence-corrected chi connectivity index (χ2v) is 13.4. The number of rotatable bonds is 7. The number of hydrogen-bond acceptors (Lipinski definition) is 8. The van der Waals surface area contributed by atoms with Crippen LogP contribution in [-0.2, 0) is 4.74 Å². The number of nitrogens with one attached hydrogen (secondary N) is 1. The van der Waals surface area contributed by atoms with E-state index in [-0.39, 0.29) is 28.3 Å². The summed E-state index contributed by atoms with van der Waals surface area (Å²) in [6.45, 7) is 8.55. The van der Waals surface area contributed by atoms with Crippen LogP contribution in [0.25, 0.3) is 32.9 Å². The average Bonchev–Trinajstić information content (AvgIpc) is 3.67. The third-order valence-corrected chi connectivity index (χ3v) is 10.2. The lowest BCUT2D eigenvalue weighted by Gasteiger charge is -2.34. The van der Waals surface area contributed by atoms with Gasteiger partial charge in [-0.15, -0.1) is 6.42 Å². The van der Waals surface area contributed by atoms with Crippen molar-refractivity contribution in [1.29, 1.82) is 0 Å². The van der Waals surface area contributed by atoms with Gasteiger partial charge in [0.05, 0.1) is 23.1 Å². The van der Waals surface area contributed by atoms with Crippen LogP contribution < -0.4 is 15.0 Å². The number of terminal acetylenes is 1. The number of ether oxygens (including phenoxy) is 2. The van der Waals surface area contributed by atoms with E-state index in [1.54, 1.807) is 31.5 Å². The quantitative estimate of drug-likeness (QED) is 0.226. The first-order valence-corrected chi connectivity index (χ1v) is 15.9. The highest BCUT2D eigenvalue weighted by Gasteiger charge is 2.50. The zero-order valence-corrected chi connectivity index (χ0v) is 25.9. The van der Waals surface area contributed by atoms with Crippen LogP contribution in [-0.4, -0.2) is 84.0 Å². The minimum atomic E-state index is -0.626. The summed E-state index contributed by atoms with van der Waals surface area (Å²) >= 11 is 0. The molecule has 236 valence electrons. The van der Waals surface area contributed by atoms with Crippen molar-refractivity contribution in [3.8, 4) is 29.6 Å². The van der Waals surface area contributed by atoms with Gasteiger partial charge in [0, 0.05) is 62.5 Å². The van der Waals surface area contributed by atoms with E-state index in [1.165, 1.54) is 11.6 Å². The Morgan fingerprint density at radius 2 is 1.96 bits per heavy atom. The van der Waals surface area contributed by atoms with Crippen LogP contribution in [0.2, 0.25) is 0 Å². The van der Waals surface area contributed by atoms with Crippen molar-refractivity contribution in [2.45, 2.75) is 43.3 Å². The molecule has 0 radical (unpaired) electrons. The van der Waals surface area contributed by atoms with Crippen LogP contribution in [0.4, 0.5) is 14.6 Å². The van der Waals surface area contributed by atoms with Crippen molar-refractivity contribution in [2.24, 2.45) is 5.92 Å². The predicted molar refractivity (Wildman–Crippen MR) is 174 cm³/mol. The SMILES string of the molecule is C#Cc1c(F)ccc2cccc(-c3ncc4c(N5CC6CCC(C5)N6)nc(OC[C@@]56CC(=C)CN5C[C@@H](COC)C6)nc4c3F)c12. The van der Waals surface area contributed by atoms with Gasteiger partial charge in [0.25, 0.3) is 0 Å². The van der Waals surface area contributed by atoms with E-state index in [4.69, 9.17) is 20.9 Å². The Morgan fingerprint density at radius 1 is 1.13 bits per heavy atom. The highest BCUT2D eigenvalue weighted by molar-refractivity contribution is 6.02. The minimum Gasteiger partial charge on any atom is -0.461 e. The summed E-state index contributed by atoms with van der Waals surface area (Å²) in [5.74, 6) is 2.29. The van der Waals surface area contributed by atoms with Gasteiger partial charge >= 0.3 is 6.01 Å². The summed E-state index contributed by atoms with van der Waals surface area (Å²) in [6.07, 6.45) is 11.3. The number of pyridine rings is 1. The number of nitrogens with zero attached hydrogens (tertiary/aromatic N) is 5. The normalized spacial score (nSPS) is 25.8. The minimum absolute atomic E-state index is 0.0474. The maximum Gasteiger partial charge on any atom is 0.319 e. The Balaban J connectivity index is 1.24. The molecule has 0 saturated carbocycles. The molecule has 2 aromatic heterocycles. The van der Waals surface area contributed by atoms with E-state index in [9.17, 15) is 4.39 Å². The zero-order valence-electron chi connectivity index (χ0n) is 25.9. The molecule has 2 aromatic carbocycles. The molecule has 0 spiro atoms. The van der Waals surface area contributed by atoms with E-state index in [0.29, 0.717) is 58.8 Å². The number of aromatic nitrogens is 3. The summed E-state index contributed by atoms with van der Waals surface area (Å²) in [5.41, 5.74) is 1.58. The average molecular weight is 623 g/mol. The molecular weight excluding hydrogens is 586 g/mol. The number of anilines is 1. The summed E-state index contributed by atoms with van der Waals surface area (Å²) in [5, 5.41) is 5.30. The molecule has 6 heterocycles. The first-order valence-electron chi connectivity index (χ1n) is 15.9. The monoisotopic (exact) mass is 622 g/mol. The lowest BCUT2D eigenvalue weighted by molar-refractivity contribution is 0.107. The number of fused-ring (bicyclic) bond motifs is 5. The van der Waals surface area contributed by atoms with Gasteiger partial charge in [0.1, 0.15) is 29.5 Å². The number of benzene rings is 2. The predicted octanol–water partition coefficient (Wildman–Crippen LogP) is 5.09. The lowest BCUT2D eigenvalue weighted by Crippen LogP contribution is -2.51. The molecule has 4 aliphatic heterocycles. The Bertz CT molecular complexity index is 1910. The van der Waals surface area contributed by atoms with Gasteiger partial charge in [-0.2, -0.15) is 9.97 Å². The van der Waals surface area contributed by atoms with Crippen molar-refractivity contribution >= 4 is 27.5 Å². The van der Waals surface area contributed by atoms with E-state index in [0.717, 1.165) is 51.9 Å². The Morgan fingerprint density at radius 3 is 2.74 bits per heavy atom. The summed E-state index contributed by atoms with van der Waals surface area (Å²) in [7, 11) is 1.73. The molecule has 46 heavy (non-hydrogen) atoms. The smallest absolute Gasteiger partial charge is 0.319 e. The van der Waals surface area contributed by atoms with Crippen LogP contribution >= 0.6 is 0 Å². The Hall–Kier alpha value is -4.17. The molecule has 4 aliphatic rings. The van der Waals surface area contributed by atoms with Gasteiger partial charge in [-0.3, -0.25) is 9.88 Å². The fourth-order valence-electron chi connectivity index (χ4n) is 8.37. The molecule has 10 heteroatoms. The van der Waals surface area contributed by atoms with Crippen molar-refractivity contribution < 1.29 is 18.3 Å². The van der Waals surface area contributed by atoms with Gasteiger partial charge in [0.15, 0.2) is 5.82 Å². The fourth-order valence-corrected chi connectivity index (χ4v) is 8.37. The van der Waals surface area contributed by atoms with Crippen LogP contribution in [0.5, 0.6) is 6.01 Å². The molecule has 4 aromatic rings. The maximum absolute atomic E-state index is 16.8. The van der Waals surface area contributed by atoms with E-state index in [1.807, 2.05) is 6.07 Å². The molecule has 2 bridgehead atoms. The highest BCUT2D eigenvalue weighted by Crippen LogP contribution is 2.44. The molecule has 0 amide bonds. The van der Waals surface area contributed by atoms with Gasteiger partial charge < -0.3 is 19.7 Å². The van der Waals surface area contributed by atoms with Gasteiger partial charge in [0.2, 0.25) is 0 Å². The van der Waals surface area contributed by atoms with E-state index < -0.39 is 11.6 Å². The van der Waals surface area contributed by atoms with Crippen molar-refractivity contribution in [3.05, 3.63) is 65.9 Å². The highest BCUT2D eigenvalue weighted by atomic mass is 19.1. The molecule has 4 atom stereocenters. The van der Waals surface area contributed by atoms with Crippen LogP contribution in [0.15, 0.2) is 48.7 Å². The van der Waals surface area contributed by atoms with Crippen LogP contribution in [0.3, 0.4) is 0 Å². The van der Waals surface area contributed by atoms with E-state index >= 15 is 4.39 Å². The molecule has 8 nitrogen and oxygen atoms in total. The van der Waals surface area contributed by atoms with Crippen molar-refractivity contribution in [2.75, 3.05) is 51.4 Å². The Labute approximate surface area is 266 Å². The van der Waals surface area contributed by atoms with Crippen LogP contribution in [0, 0.1) is 29.9 Å². The van der Waals surface area contributed by atoms with Crippen molar-refractivity contribution in [1.82, 2.24) is 25.2 Å². The first-order chi connectivity index (χ1) is 22.4. The summed E-state index contributed by atoms with van der Waals surface area (Å²) in [4.78, 5) is 18.8. The van der Waals surface area contributed by atoms with E-state index in [2.05, 4.69) is 37.6 Å². The van der Waals surface area contributed by atoms with Gasteiger partial charge in [-0.1, -0.05) is 42.3 Å². The Kier molecular flexibility index (Phi) is 7.16. The molecule has 8 rings (SSSR count). The molecule has 4 fully saturated rings. The topological polar surface area (TPSA) is 75.6 Å². The van der Waals surface area contributed by atoms with Gasteiger partial charge in [-0.05, 0) is 43.1 Å². The largest absolute Gasteiger partial charge is 0.461 e. The maximum atomic E-state index is 16.8. The van der Waals surface area contributed by atoms with Crippen LogP contribution in [0.1, 0.15) is 31.2 Å². The number of hydrogen-bond donors (Lipinski definition) is 1. The summed E-state index contributed by atoms with van der Waals surface area (Å²) in [6, 6.07) is 9.10. The number of piperazine rings is 1. The molecule has 4 saturated heterocycles. The number of halogens is 2. The standard InChI is InChI=1S/C36H36F2N6O2/c1-4-26-29(37)11-8-23-6-5-7-27(30(23)26)32-31(38)33-28(14-39-32)34(43-17-24-9-10-25(18-43)40-24)42-35(41-33)46-20-36-12-21(2)15-44(36)16-22(13-36)19-45-3/h1,5-8,11,14,22,24-25,40H,2,9-10,12-13,15-20H2,3H3/t22-,24?,25?,36-/m0/s1. The molecule has 1 N–H and O–H groups in total. The third kappa shape index (κ3) is 4.80. The summed E-state index contributed by atoms with van der Waals surface area (Å²) < 4.78 is 43.6. The second-order valence-electron chi connectivity index (χ2n) is 13.4. The lowest BCUT2D eigenvalue weighted by atomic mass is 9.90. The third-order valence-electron chi connectivity index (χ3n) is 10.2. The molecule has 2 unspecified atom stereocenters. The fraction of sp³-hybridized carbons (Fsp3) is 0.417. The van der Waals surface area contributed by atoms with Crippen molar-refractivity contribution in [3.63, 3.8) is 0 Å².